The molecule has 0 heterocycles. The van der Waals surface area contributed by atoms with Crippen molar-refractivity contribution in [3.05, 3.63) is 11.6 Å². The van der Waals surface area contributed by atoms with Crippen molar-refractivity contribution < 1.29 is 19.1 Å². The summed E-state index contributed by atoms with van der Waals surface area (Å²) in [6.07, 6.45) is 9.94. The highest BCUT2D eigenvalue weighted by atomic mass is 16.5. The smallest absolute Gasteiger partial charge is 0.302 e. The maximum Gasteiger partial charge on any atom is 0.302 e. The van der Waals surface area contributed by atoms with Crippen molar-refractivity contribution in [1.82, 2.24) is 0 Å². The van der Waals surface area contributed by atoms with Crippen LogP contribution in [0.2, 0.25) is 0 Å². The molecular formula is C26H40O4. The minimum Gasteiger partial charge on any atom is -0.462 e. The second-order valence-electron chi connectivity index (χ2n) is 11.2. The summed E-state index contributed by atoms with van der Waals surface area (Å²) in [5.41, 5.74) is 1.51. The van der Waals surface area contributed by atoms with Gasteiger partial charge in [0, 0.05) is 25.2 Å². The Morgan fingerprint density at radius 2 is 1.70 bits per heavy atom. The molecule has 0 aromatic heterocycles. The van der Waals surface area contributed by atoms with Gasteiger partial charge in [0.15, 0.2) is 0 Å². The van der Waals surface area contributed by atoms with Crippen molar-refractivity contribution in [1.29, 1.82) is 0 Å². The van der Waals surface area contributed by atoms with E-state index in [1.54, 1.807) is 13.8 Å². The standard InChI is InChI=1S/C26H40O4/c1-7-18-8-9-20-24-21(14-23(26(18,20)6)30-17(4)28)25(5)11-10-15(2)12-19(25)13-22(24)29-16(3)27/h7,15,19-24H,8-14H2,1-6H3/b18-7-/t15-,19?,20+,21+,22-,23-,24+,25+,26-/m1/s1. The minimum absolute atomic E-state index is 0.00492. The van der Waals surface area contributed by atoms with Crippen molar-refractivity contribution in [3.8, 4) is 0 Å². The first-order chi connectivity index (χ1) is 14.1. The third-order valence-electron chi connectivity index (χ3n) is 9.82. The van der Waals surface area contributed by atoms with Gasteiger partial charge in [-0.25, -0.2) is 0 Å². The summed E-state index contributed by atoms with van der Waals surface area (Å²) in [6, 6.07) is 0. The normalized spacial score (nSPS) is 49.0. The molecule has 0 aromatic carbocycles. The highest BCUT2D eigenvalue weighted by molar-refractivity contribution is 5.66. The second kappa shape index (κ2) is 7.67. The molecule has 4 nitrogen and oxygen atoms in total. The van der Waals surface area contributed by atoms with E-state index in [1.807, 2.05) is 0 Å². The van der Waals surface area contributed by atoms with Crippen molar-refractivity contribution in [2.45, 2.75) is 98.7 Å². The molecule has 0 spiro atoms. The Balaban J connectivity index is 1.79. The molecule has 0 bridgehead atoms. The Hall–Kier alpha value is -1.32. The average molecular weight is 417 g/mol. The van der Waals surface area contributed by atoms with E-state index in [1.165, 1.54) is 24.8 Å². The largest absolute Gasteiger partial charge is 0.462 e. The lowest BCUT2D eigenvalue weighted by Gasteiger charge is -2.63. The van der Waals surface area contributed by atoms with Crippen LogP contribution in [-0.2, 0) is 19.1 Å². The first-order valence-electron chi connectivity index (χ1n) is 12.1. The predicted octanol–water partition coefficient (Wildman–Crippen LogP) is 5.69. The molecule has 4 aliphatic carbocycles. The fraction of sp³-hybridized carbons (Fsp3) is 0.846. The van der Waals surface area contributed by atoms with Gasteiger partial charge in [-0.05, 0) is 74.5 Å². The summed E-state index contributed by atoms with van der Waals surface area (Å²) in [5, 5.41) is 0. The molecule has 4 heteroatoms. The molecule has 4 saturated carbocycles. The number of allylic oxidation sites excluding steroid dienone is 1. The average Bonchev–Trinajstić information content (AvgIpc) is 3.00. The lowest BCUT2D eigenvalue weighted by molar-refractivity contribution is -0.209. The summed E-state index contributed by atoms with van der Waals surface area (Å²) < 4.78 is 12.1. The Bertz CT molecular complexity index is 741. The molecule has 0 saturated heterocycles. The molecule has 0 radical (unpaired) electrons. The van der Waals surface area contributed by atoms with Gasteiger partial charge in [0.2, 0.25) is 0 Å². The van der Waals surface area contributed by atoms with E-state index in [0.29, 0.717) is 23.7 Å². The highest BCUT2D eigenvalue weighted by Gasteiger charge is 2.65. The zero-order chi connectivity index (χ0) is 21.8. The summed E-state index contributed by atoms with van der Waals surface area (Å²) >= 11 is 0. The van der Waals surface area contributed by atoms with Crippen LogP contribution in [0.3, 0.4) is 0 Å². The van der Waals surface area contributed by atoms with E-state index in [2.05, 4.69) is 33.8 Å². The second-order valence-corrected chi connectivity index (χ2v) is 11.2. The molecule has 0 aliphatic heterocycles. The summed E-state index contributed by atoms with van der Waals surface area (Å²) in [4.78, 5) is 24.2. The molecule has 0 amide bonds. The van der Waals surface area contributed by atoms with Gasteiger partial charge >= 0.3 is 11.9 Å². The number of rotatable bonds is 2. The third-order valence-corrected chi connectivity index (χ3v) is 9.82. The van der Waals surface area contributed by atoms with Crippen LogP contribution in [0.15, 0.2) is 11.6 Å². The summed E-state index contributed by atoms with van der Waals surface area (Å²) in [6.45, 7) is 12.4. The van der Waals surface area contributed by atoms with Gasteiger partial charge in [0.05, 0.1) is 0 Å². The number of hydrogen-bond donors (Lipinski definition) is 0. The quantitative estimate of drug-likeness (QED) is 0.428. The minimum atomic E-state index is -0.174. The van der Waals surface area contributed by atoms with Crippen molar-refractivity contribution in [3.63, 3.8) is 0 Å². The van der Waals surface area contributed by atoms with Crippen molar-refractivity contribution in [2.75, 3.05) is 0 Å². The Morgan fingerprint density at radius 3 is 2.33 bits per heavy atom. The third kappa shape index (κ3) is 3.24. The first kappa shape index (κ1) is 21.9. The van der Waals surface area contributed by atoms with Crippen LogP contribution in [0.5, 0.6) is 0 Å². The zero-order valence-corrected chi connectivity index (χ0v) is 19.7. The molecular weight excluding hydrogens is 376 g/mol. The van der Waals surface area contributed by atoms with Gasteiger partial charge in [-0.1, -0.05) is 38.8 Å². The predicted molar refractivity (Wildman–Crippen MR) is 117 cm³/mol. The first-order valence-corrected chi connectivity index (χ1v) is 12.1. The number of carbonyl (C=O) groups is 2. The van der Waals surface area contributed by atoms with Crippen molar-refractivity contribution in [2.24, 2.45) is 40.4 Å². The lowest BCUT2D eigenvalue weighted by atomic mass is 9.43. The molecule has 168 valence electrons. The van der Waals surface area contributed by atoms with Crippen molar-refractivity contribution >= 4 is 11.9 Å². The van der Waals surface area contributed by atoms with Crippen LogP contribution < -0.4 is 0 Å². The van der Waals surface area contributed by atoms with Gasteiger partial charge in [-0.3, -0.25) is 9.59 Å². The monoisotopic (exact) mass is 416 g/mol. The molecule has 0 N–H and O–H groups in total. The van der Waals surface area contributed by atoms with E-state index >= 15 is 0 Å². The van der Waals surface area contributed by atoms with E-state index in [9.17, 15) is 9.59 Å². The number of esters is 2. The number of hydrogen-bond acceptors (Lipinski definition) is 4. The van der Waals surface area contributed by atoms with Gasteiger partial charge in [-0.2, -0.15) is 0 Å². The van der Waals surface area contributed by atoms with Gasteiger partial charge in [0.25, 0.3) is 0 Å². The highest BCUT2D eigenvalue weighted by Crippen LogP contribution is 2.68. The van der Waals surface area contributed by atoms with E-state index < -0.39 is 0 Å². The van der Waals surface area contributed by atoms with E-state index in [0.717, 1.165) is 31.6 Å². The number of fused-ring (bicyclic) bond motifs is 5. The topological polar surface area (TPSA) is 52.6 Å². The molecule has 4 fully saturated rings. The van der Waals surface area contributed by atoms with E-state index in [-0.39, 0.29) is 35.0 Å². The molecule has 30 heavy (non-hydrogen) atoms. The van der Waals surface area contributed by atoms with Gasteiger partial charge in [0.1, 0.15) is 12.2 Å². The van der Waals surface area contributed by atoms with Crippen LogP contribution in [-0.4, -0.2) is 24.1 Å². The molecule has 9 atom stereocenters. The zero-order valence-electron chi connectivity index (χ0n) is 19.7. The van der Waals surface area contributed by atoms with Gasteiger partial charge < -0.3 is 9.47 Å². The van der Waals surface area contributed by atoms with Gasteiger partial charge in [-0.15, -0.1) is 0 Å². The SMILES string of the molecule is C/C=C1/CC[C@H]2[C@@H]3[C@H](OC(C)=O)CC4C[C@H](C)CC[C@]4(C)[C@H]3C[C@@H](OC(C)=O)[C@]12C. The Labute approximate surface area is 182 Å². The van der Waals surface area contributed by atoms with Crippen LogP contribution in [0.25, 0.3) is 0 Å². The Kier molecular flexibility index (Phi) is 5.60. The maximum atomic E-state index is 12.1. The lowest BCUT2D eigenvalue weighted by Crippen LogP contribution is -2.62. The van der Waals surface area contributed by atoms with Crippen LogP contribution in [0.1, 0.15) is 86.5 Å². The van der Waals surface area contributed by atoms with E-state index in [4.69, 9.17) is 9.47 Å². The van der Waals surface area contributed by atoms with Crippen LogP contribution in [0.4, 0.5) is 0 Å². The fourth-order valence-electron chi connectivity index (χ4n) is 8.39. The fourth-order valence-corrected chi connectivity index (χ4v) is 8.39. The summed E-state index contributed by atoms with van der Waals surface area (Å²) in [7, 11) is 0. The maximum absolute atomic E-state index is 12.1. The summed E-state index contributed by atoms with van der Waals surface area (Å²) in [5.74, 6) is 2.18. The molecule has 4 rings (SSSR count). The molecule has 0 aromatic rings. The Morgan fingerprint density at radius 1 is 1.00 bits per heavy atom. The number of ether oxygens (including phenoxy) is 2. The molecule has 4 aliphatic rings. The number of carbonyl (C=O) groups excluding carboxylic acids is 2. The molecule has 1 unspecified atom stereocenters. The van der Waals surface area contributed by atoms with Crippen LogP contribution >= 0.6 is 0 Å². The van der Waals surface area contributed by atoms with Crippen LogP contribution in [0, 0.1) is 40.4 Å².